The molecule has 0 aliphatic rings. The van der Waals surface area contributed by atoms with Crippen LogP contribution in [0.25, 0.3) is 0 Å². The second-order valence-corrected chi connectivity index (χ2v) is 9.01. The van der Waals surface area contributed by atoms with Crippen LogP contribution in [0.4, 0.5) is 8.59 Å². The highest BCUT2D eigenvalue weighted by Gasteiger charge is 2.27. The Kier molecular flexibility index (Phi) is 11.7. The molecule has 0 radical (unpaired) electrons. The van der Waals surface area contributed by atoms with Crippen LogP contribution in [-0.4, -0.2) is 57.6 Å². The number of methoxy groups -OCH3 is 1. The van der Waals surface area contributed by atoms with Gasteiger partial charge < -0.3 is 19.1 Å². The number of hydrogen-bond acceptors (Lipinski definition) is 8. The molecule has 2 atom stereocenters. The molecule has 8 nitrogen and oxygen atoms in total. The van der Waals surface area contributed by atoms with E-state index in [4.69, 9.17) is 25.8 Å². The Hall–Kier alpha value is -2.23. The van der Waals surface area contributed by atoms with Crippen molar-refractivity contribution < 1.29 is 36.5 Å². The van der Waals surface area contributed by atoms with E-state index in [2.05, 4.69) is 14.3 Å². The summed E-state index contributed by atoms with van der Waals surface area (Å²) in [7, 11) is 0.105. The first-order valence-corrected chi connectivity index (χ1v) is 12.1. The lowest BCUT2D eigenvalue weighted by Gasteiger charge is -2.22. The van der Waals surface area contributed by atoms with Crippen molar-refractivity contribution in [3.8, 4) is 11.5 Å². The number of rotatable bonds is 15. The maximum absolute atomic E-state index is 13.6. The van der Waals surface area contributed by atoms with Gasteiger partial charge in [0.05, 0.1) is 7.11 Å². The first-order valence-electron chi connectivity index (χ1n) is 10.3. The summed E-state index contributed by atoms with van der Waals surface area (Å²) in [6.07, 6.45) is 0.973. The molecule has 0 fully saturated rings. The fraction of sp³-hybridized carbons (Fsp3) is 0.409. The summed E-state index contributed by atoms with van der Waals surface area (Å²) >= 11 is 4.76. The van der Waals surface area contributed by atoms with Crippen LogP contribution in [0.15, 0.2) is 53.7 Å². The van der Waals surface area contributed by atoms with Crippen LogP contribution in [0, 0.1) is 0 Å². The third-order valence-corrected chi connectivity index (χ3v) is 5.26. The molecule has 12 heteroatoms. The predicted molar refractivity (Wildman–Crippen MR) is 126 cm³/mol. The Morgan fingerprint density at radius 2 is 1.94 bits per heavy atom. The van der Waals surface area contributed by atoms with E-state index in [9.17, 15) is 13.2 Å². The van der Waals surface area contributed by atoms with E-state index in [-0.39, 0.29) is 6.61 Å². The quantitative estimate of drug-likeness (QED) is 0.135. The summed E-state index contributed by atoms with van der Waals surface area (Å²) in [6.45, 7) is -0.211. The maximum Gasteiger partial charge on any atom is 0.592 e. The number of ether oxygens (including phenoxy) is 3. The molecule has 2 aromatic rings. The molecular formula is C22H28ClF2N2O6P. The van der Waals surface area contributed by atoms with Crippen molar-refractivity contribution in [2.45, 2.75) is 18.9 Å². The Labute approximate surface area is 203 Å². The largest absolute Gasteiger partial charge is 0.592 e. The number of hydrogen-bond donors (Lipinski definition) is 0. The fourth-order valence-electron chi connectivity index (χ4n) is 2.99. The molecule has 0 bridgehead atoms. The Morgan fingerprint density at radius 1 is 1.18 bits per heavy atom. The molecule has 0 heterocycles. The zero-order valence-corrected chi connectivity index (χ0v) is 20.8. The van der Waals surface area contributed by atoms with Gasteiger partial charge in [0, 0.05) is 6.54 Å². The van der Waals surface area contributed by atoms with Crippen LogP contribution < -0.4 is 9.47 Å². The SMILES string of the molecule is COc1cccc(CCc2ccccc2OC[C@@H](CN(C)C)OCO[P@](=O)(F)O/N=C(\F)Cl)c1. The van der Waals surface area contributed by atoms with Gasteiger partial charge in [0.2, 0.25) is 0 Å². The number of para-hydroxylation sites is 1. The number of likely N-dealkylation sites (N-methyl/N-ethyl adjacent to an activating group) is 1. The lowest BCUT2D eigenvalue weighted by atomic mass is 10.0. The van der Waals surface area contributed by atoms with E-state index in [0.717, 1.165) is 29.7 Å². The van der Waals surface area contributed by atoms with E-state index in [1.807, 2.05) is 67.5 Å². The summed E-state index contributed by atoms with van der Waals surface area (Å²) in [5.41, 5.74) is 0.524. The van der Waals surface area contributed by atoms with Crippen LogP contribution in [0.5, 0.6) is 11.5 Å². The highest BCUT2D eigenvalue weighted by Crippen LogP contribution is 2.50. The molecule has 0 saturated carbocycles. The first-order chi connectivity index (χ1) is 16.2. The van der Waals surface area contributed by atoms with Gasteiger partial charge in [0.1, 0.15) is 24.2 Å². The van der Waals surface area contributed by atoms with Crippen LogP contribution in [0.2, 0.25) is 0 Å². The van der Waals surface area contributed by atoms with E-state index >= 15 is 0 Å². The average molecular weight is 521 g/mol. The van der Waals surface area contributed by atoms with Crippen molar-refractivity contribution in [3.63, 3.8) is 0 Å². The molecule has 0 aliphatic heterocycles. The fourth-order valence-corrected chi connectivity index (χ4v) is 3.48. The smallest absolute Gasteiger partial charge is 0.497 e. The lowest BCUT2D eigenvalue weighted by Crippen LogP contribution is -2.34. The second kappa shape index (κ2) is 14.2. The van der Waals surface area contributed by atoms with Gasteiger partial charge in [0.15, 0.2) is 6.79 Å². The van der Waals surface area contributed by atoms with E-state index in [1.165, 1.54) is 0 Å². The predicted octanol–water partition coefficient (Wildman–Crippen LogP) is 5.35. The van der Waals surface area contributed by atoms with Crippen molar-refractivity contribution in [2.75, 3.05) is 41.1 Å². The minimum absolute atomic E-state index is 0.115. The molecular weight excluding hydrogens is 493 g/mol. The Bertz CT molecular complexity index is 978. The summed E-state index contributed by atoms with van der Waals surface area (Å²) < 4.78 is 62.2. The number of aryl methyl sites for hydroxylation is 2. The Balaban J connectivity index is 1.94. The third-order valence-electron chi connectivity index (χ3n) is 4.50. The number of halogens is 3. The van der Waals surface area contributed by atoms with Crippen LogP contribution >= 0.6 is 19.5 Å². The molecule has 0 unspecified atom stereocenters. The van der Waals surface area contributed by atoms with Gasteiger partial charge in [-0.25, -0.2) is 9.09 Å². The standard InChI is InChI=1S/C22H28ClF2N2O6P/c1-27(2)14-20(31-16-32-34(25,28)33-26-22(23)24)15-30-21-10-5-4-8-18(21)12-11-17-7-6-9-19(13-17)29-3/h4-10,13,20H,11-12,14-16H2,1-3H3/b26-22-/t20-,34-/m1/s1. The molecule has 2 aromatic carbocycles. The zero-order chi connectivity index (χ0) is 25.0. The molecule has 2 rings (SSSR count). The van der Waals surface area contributed by atoms with Gasteiger partial charge in [-0.15, -0.1) is 4.20 Å². The van der Waals surface area contributed by atoms with Crippen molar-refractivity contribution in [3.05, 3.63) is 59.7 Å². The average Bonchev–Trinajstić information content (AvgIpc) is 2.80. The van der Waals surface area contributed by atoms with Crippen LogP contribution in [0.3, 0.4) is 0 Å². The molecule has 0 saturated heterocycles. The van der Waals surface area contributed by atoms with E-state index in [1.54, 1.807) is 7.11 Å². The number of nitrogens with zero attached hydrogens (tertiary/aromatic N) is 2. The number of oxime groups is 1. The molecule has 0 amide bonds. The van der Waals surface area contributed by atoms with Gasteiger partial charge >= 0.3 is 13.3 Å². The van der Waals surface area contributed by atoms with E-state index < -0.39 is 26.2 Å². The molecule has 188 valence electrons. The van der Waals surface area contributed by atoms with Gasteiger partial charge in [-0.3, -0.25) is 4.62 Å². The van der Waals surface area contributed by atoms with E-state index in [0.29, 0.717) is 12.3 Å². The topological polar surface area (TPSA) is 78.8 Å². The van der Waals surface area contributed by atoms with Gasteiger partial charge in [-0.1, -0.05) is 30.3 Å². The van der Waals surface area contributed by atoms with Gasteiger partial charge in [0.25, 0.3) is 0 Å². The maximum atomic E-state index is 13.6. The van der Waals surface area contributed by atoms with Gasteiger partial charge in [-0.05, 0) is 73.0 Å². The third kappa shape index (κ3) is 10.8. The number of benzene rings is 2. The minimum Gasteiger partial charge on any atom is -0.497 e. The monoisotopic (exact) mass is 520 g/mol. The first kappa shape index (κ1) is 28.0. The summed E-state index contributed by atoms with van der Waals surface area (Å²) in [5.74, 6) is 1.49. The Morgan fingerprint density at radius 3 is 2.65 bits per heavy atom. The molecule has 0 spiro atoms. The normalized spacial score (nSPS) is 14.5. The summed E-state index contributed by atoms with van der Waals surface area (Å²) in [4.78, 5) is 1.83. The van der Waals surface area contributed by atoms with Crippen molar-refractivity contribution in [2.24, 2.45) is 5.16 Å². The van der Waals surface area contributed by atoms with Crippen LogP contribution in [0.1, 0.15) is 11.1 Å². The molecule has 0 N–H and O–H groups in total. The zero-order valence-electron chi connectivity index (χ0n) is 19.2. The van der Waals surface area contributed by atoms with Gasteiger partial charge in [-0.2, -0.15) is 4.39 Å². The van der Waals surface area contributed by atoms with Crippen LogP contribution in [-0.2, 0) is 31.3 Å². The summed E-state index contributed by atoms with van der Waals surface area (Å²) in [5, 5.41) is 2.43. The van der Waals surface area contributed by atoms with Crippen molar-refractivity contribution >= 4 is 24.9 Å². The molecule has 34 heavy (non-hydrogen) atoms. The highest BCUT2D eigenvalue weighted by molar-refractivity contribution is 7.48. The summed E-state index contributed by atoms with van der Waals surface area (Å²) in [6, 6.07) is 15.5. The highest BCUT2D eigenvalue weighted by atomic mass is 35.5. The lowest BCUT2D eigenvalue weighted by molar-refractivity contribution is -0.0685. The van der Waals surface area contributed by atoms with Crippen molar-refractivity contribution in [1.82, 2.24) is 4.90 Å². The molecule has 0 aliphatic carbocycles. The molecule has 0 aromatic heterocycles. The second-order valence-electron chi connectivity index (χ2n) is 7.41. The van der Waals surface area contributed by atoms with Crippen molar-refractivity contribution in [1.29, 1.82) is 0 Å². The minimum atomic E-state index is -5.17.